The molecule has 2 aliphatic rings. The van der Waals surface area contributed by atoms with Crippen LogP contribution in [-0.2, 0) is 12.8 Å². The Morgan fingerprint density at radius 1 is 0.750 bits per heavy atom. The van der Waals surface area contributed by atoms with Crippen molar-refractivity contribution in [1.82, 2.24) is 0 Å². The molecule has 0 fully saturated rings. The summed E-state index contributed by atoms with van der Waals surface area (Å²) in [5.74, 6) is 1.52. The Morgan fingerprint density at radius 3 is 1.75 bits per heavy atom. The maximum Gasteiger partial charge on any atom is 0.0128 e. The highest BCUT2D eigenvalue weighted by molar-refractivity contribution is 5.51. The molecule has 0 bridgehead atoms. The molecule has 2 aromatic rings. The second kappa shape index (κ2) is 4.48. The summed E-state index contributed by atoms with van der Waals surface area (Å²) in [6.07, 6.45) is 5.29. The molecule has 0 unspecified atom stereocenters. The average molecular weight is 262 g/mol. The molecule has 0 atom stereocenters. The first-order valence-corrected chi connectivity index (χ1v) is 7.92. The van der Waals surface area contributed by atoms with Crippen molar-refractivity contribution in [3.05, 3.63) is 69.8 Å². The number of benzene rings is 2. The third-order valence-electron chi connectivity index (χ3n) is 5.49. The number of rotatable bonds is 0. The fourth-order valence-corrected chi connectivity index (χ4v) is 4.58. The molecule has 20 heavy (non-hydrogen) atoms. The SMILES string of the molecule is Cc1cccc2c1C1c3c(C)cccc3CCC1CC2. The summed E-state index contributed by atoms with van der Waals surface area (Å²) in [5.41, 5.74) is 9.49. The van der Waals surface area contributed by atoms with E-state index in [4.69, 9.17) is 0 Å². The predicted molar refractivity (Wildman–Crippen MR) is 84.3 cm³/mol. The van der Waals surface area contributed by atoms with E-state index in [-0.39, 0.29) is 0 Å². The van der Waals surface area contributed by atoms with Crippen LogP contribution in [0.2, 0.25) is 0 Å². The van der Waals surface area contributed by atoms with Crippen LogP contribution in [0, 0.1) is 19.8 Å². The lowest BCUT2D eigenvalue weighted by Gasteiger charge is -2.40. The molecule has 0 saturated carbocycles. The highest BCUT2D eigenvalue weighted by Crippen LogP contribution is 2.49. The van der Waals surface area contributed by atoms with Crippen LogP contribution in [-0.4, -0.2) is 0 Å². The predicted octanol–water partition coefficient (Wildman–Crippen LogP) is 4.94. The molecule has 4 rings (SSSR count). The molecule has 0 radical (unpaired) electrons. The second-order valence-corrected chi connectivity index (χ2v) is 6.61. The molecule has 0 nitrogen and oxygen atoms in total. The van der Waals surface area contributed by atoms with Crippen LogP contribution in [0.5, 0.6) is 0 Å². The molecule has 0 heterocycles. The maximum absolute atomic E-state index is 2.35. The molecule has 0 spiro atoms. The first-order chi connectivity index (χ1) is 9.75. The fourth-order valence-electron chi connectivity index (χ4n) is 4.58. The highest BCUT2D eigenvalue weighted by atomic mass is 14.4. The van der Waals surface area contributed by atoms with Gasteiger partial charge in [-0.25, -0.2) is 0 Å². The lowest BCUT2D eigenvalue weighted by molar-refractivity contribution is 0.361. The van der Waals surface area contributed by atoms with Crippen molar-refractivity contribution in [2.24, 2.45) is 5.92 Å². The summed E-state index contributed by atoms with van der Waals surface area (Å²) in [4.78, 5) is 0. The largest absolute Gasteiger partial charge is 0.0617 e. The third-order valence-corrected chi connectivity index (χ3v) is 5.49. The Morgan fingerprint density at radius 2 is 1.25 bits per heavy atom. The van der Waals surface area contributed by atoms with Gasteiger partial charge < -0.3 is 0 Å². The third kappa shape index (κ3) is 1.67. The zero-order chi connectivity index (χ0) is 13.7. The van der Waals surface area contributed by atoms with E-state index in [1.54, 1.807) is 22.3 Å². The zero-order valence-corrected chi connectivity index (χ0v) is 12.4. The summed E-state index contributed by atoms with van der Waals surface area (Å²) in [6.45, 7) is 4.60. The van der Waals surface area contributed by atoms with Crippen molar-refractivity contribution in [3.8, 4) is 0 Å². The lowest BCUT2D eigenvalue weighted by atomic mass is 9.64. The Labute approximate surface area is 121 Å². The summed E-state index contributed by atoms with van der Waals surface area (Å²) >= 11 is 0. The fraction of sp³-hybridized carbons (Fsp3) is 0.400. The van der Waals surface area contributed by atoms with Gasteiger partial charge in [-0.1, -0.05) is 36.4 Å². The minimum Gasteiger partial charge on any atom is -0.0617 e. The van der Waals surface area contributed by atoms with Gasteiger partial charge in [0.1, 0.15) is 0 Å². The average Bonchev–Trinajstić information content (AvgIpc) is 2.47. The van der Waals surface area contributed by atoms with Crippen LogP contribution < -0.4 is 0 Å². The molecular formula is C20H22. The van der Waals surface area contributed by atoms with Gasteiger partial charge in [0.15, 0.2) is 0 Å². The molecule has 0 saturated heterocycles. The molecule has 0 aliphatic heterocycles. The number of aryl methyl sites for hydroxylation is 4. The van der Waals surface area contributed by atoms with E-state index in [1.165, 1.54) is 36.8 Å². The monoisotopic (exact) mass is 262 g/mol. The molecule has 0 N–H and O–H groups in total. The Hall–Kier alpha value is -1.56. The number of hydrogen-bond donors (Lipinski definition) is 0. The zero-order valence-electron chi connectivity index (χ0n) is 12.4. The summed E-state index contributed by atoms with van der Waals surface area (Å²) < 4.78 is 0. The van der Waals surface area contributed by atoms with Crippen molar-refractivity contribution >= 4 is 0 Å². The summed E-state index contributed by atoms with van der Waals surface area (Å²) in [6, 6.07) is 13.8. The Balaban J connectivity index is 1.98. The van der Waals surface area contributed by atoms with Gasteiger partial charge >= 0.3 is 0 Å². The number of hydrogen-bond acceptors (Lipinski definition) is 0. The van der Waals surface area contributed by atoms with E-state index in [0.717, 1.165) is 5.92 Å². The van der Waals surface area contributed by atoms with Gasteiger partial charge in [0.2, 0.25) is 0 Å². The maximum atomic E-state index is 2.35. The topological polar surface area (TPSA) is 0 Å². The minimum atomic E-state index is 0.657. The van der Waals surface area contributed by atoms with Crippen LogP contribution in [0.3, 0.4) is 0 Å². The quantitative estimate of drug-likeness (QED) is 0.630. The molecule has 0 aromatic heterocycles. The van der Waals surface area contributed by atoms with Crippen molar-refractivity contribution in [2.75, 3.05) is 0 Å². The molecule has 0 amide bonds. The van der Waals surface area contributed by atoms with E-state index in [0.29, 0.717) is 5.92 Å². The van der Waals surface area contributed by atoms with Gasteiger partial charge in [0, 0.05) is 5.92 Å². The normalized spacial score (nSPS) is 23.7. The van der Waals surface area contributed by atoms with Crippen LogP contribution in [0.25, 0.3) is 0 Å². The Kier molecular flexibility index (Phi) is 2.73. The van der Waals surface area contributed by atoms with Crippen LogP contribution in [0.4, 0.5) is 0 Å². The van der Waals surface area contributed by atoms with E-state index < -0.39 is 0 Å². The van der Waals surface area contributed by atoms with Gasteiger partial charge in [0.25, 0.3) is 0 Å². The highest BCUT2D eigenvalue weighted by Gasteiger charge is 2.36. The first-order valence-electron chi connectivity index (χ1n) is 7.92. The standard InChI is InChI=1S/C20H22/c1-13-5-3-7-15-9-11-17-12-10-16-8-4-6-14(2)19(16)20(17)18(13)15/h3-8,17,20H,9-12H2,1-2H3. The second-order valence-electron chi connectivity index (χ2n) is 6.61. The van der Waals surface area contributed by atoms with Crippen LogP contribution in [0.15, 0.2) is 36.4 Å². The Bertz CT molecular complexity index is 608. The first kappa shape index (κ1) is 12.2. The summed E-state index contributed by atoms with van der Waals surface area (Å²) in [5, 5.41) is 0. The van der Waals surface area contributed by atoms with Crippen LogP contribution in [0.1, 0.15) is 52.1 Å². The molecular weight excluding hydrogens is 240 g/mol. The van der Waals surface area contributed by atoms with Crippen molar-refractivity contribution < 1.29 is 0 Å². The molecule has 2 aliphatic carbocycles. The number of fused-ring (bicyclic) bond motifs is 5. The van der Waals surface area contributed by atoms with Crippen molar-refractivity contribution in [1.29, 1.82) is 0 Å². The van der Waals surface area contributed by atoms with E-state index in [1.807, 2.05) is 0 Å². The van der Waals surface area contributed by atoms with Crippen molar-refractivity contribution in [3.63, 3.8) is 0 Å². The van der Waals surface area contributed by atoms with Gasteiger partial charge in [0.05, 0.1) is 0 Å². The van der Waals surface area contributed by atoms with Gasteiger partial charge in [-0.3, -0.25) is 0 Å². The van der Waals surface area contributed by atoms with E-state index >= 15 is 0 Å². The van der Waals surface area contributed by atoms with Gasteiger partial charge in [-0.2, -0.15) is 0 Å². The lowest BCUT2D eigenvalue weighted by Crippen LogP contribution is -2.28. The van der Waals surface area contributed by atoms with Crippen LogP contribution >= 0.6 is 0 Å². The molecule has 102 valence electrons. The van der Waals surface area contributed by atoms with Gasteiger partial charge in [-0.15, -0.1) is 0 Å². The molecule has 2 aromatic carbocycles. The van der Waals surface area contributed by atoms with Crippen molar-refractivity contribution in [2.45, 2.75) is 45.4 Å². The van der Waals surface area contributed by atoms with E-state index in [2.05, 4.69) is 50.2 Å². The summed E-state index contributed by atoms with van der Waals surface area (Å²) in [7, 11) is 0. The smallest absolute Gasteiger partial charge is 0.0128 e. The minimum absolute atomic E-state index is 0.657. The van der Waals surface area contributed by atoms with Gasteiger partial charge in [-0.05, 0) is 78.8 Å². The van der Waals surface area contributed by atoms with E-state index in [9.17, 15) is 0 Å². The molecule has 0 heteroatoms.